The van der Waals surface area contributed by atoms with Gasteiger partial charge in [-0.15, -0.1) is 11.8 Å². The van der Waals surface area contributed by atoms with Crippen LogP contribution in [-0.2, 0) is 9.59 Å². The largest absolute Gasteiger partial charge is 0.352 e. The fourth-order valence-corrected chi connectivity index (χ4v) is 6.53. The molecule has 1 unspecified atom stereocenters. The summed E-state index contributed by atoms with van der Waals surface area (Å²) in [5, 5.41) is 8.45. The molecule has 0 bridgehead atoms. The highest BCUT2D eigenvalue weighted by Crippen LogP contribution is 2.50. The topological polar surface area (TPSA) is 67.2 Å². The van der Waals surface area contributed by atoms with Crippen molar-refractivity contribution in [3.63, 3.8) is 0 Å². The smallest absolute Gasteiger partial charge is 0.240 e. The molecular formula is C31H31ClN4O2S. The van der Waals surface area contributed by atoms with Crippen LogP contribution in [0.2, 0.25) is 5.02 Å². The molecule has 4 aromatic rings. The standard InChI is InChI=1S/C31H31ClN4O2S/c1-19(2)33-26(37)17-35-27(38)18-39-30(23-12-8-9-13-24(23)32)28-29(22-10-6-5-7-11-22)34-36(31(28)35)25-15-14-20(3)16-21(25)4/h5-16,19,30H,17-18H2,1-4H3,(H,33,37). The lowest BCUT2D eigenvalue weighted by molar-refractivity contribution is -0.123. The summed E-state index contributed by atoms with van der Waals surface area (Å²) in [6.45, 7) is 7.79. The summed E-state index contributed by atoms with van der Waals surface area (Å²) in [6.07, 6.45) is 0. The van der Waals surface area contributed by atoms with Gasteiger partial charge in [-0.3, -0.25) is 14.5 Å². The van der Waals surface area contributed by atoms with E-state index in [0.29, 0.717) is 10.8 Å². The second-order valence-corrected chi connectivity index (χ2v) is 11.6. The molecule has 2 amide bonds. The predicted octanol–water partition coefficient (Wildman–Crippen LogP) is 6.50. The molecule has 1 aromatic heterocycles. The van der Waals surface area contributed by atoms with E-state index in [1.165, 1.54) is 11.8 Å². The SMILES string of the molecule is Cc1ccc(-n2nc(-c3ccccc3)c3c2N(CC(=O)NC(C)C)C(=O)CSC3c2ccccc2Cl)c(C)c1. The normalized spacial score (nSPS) is 15.3. The number of carbonyl (C=O) groups excluding carboxylic acids is 2. The monoisotopic (exact) mass is 558 g/mol. The molecule has 0 saturated carbocycles. The van der Waals surface area contributed by atoms with Gasteiger partial charge in [0.1, 0.15) is 12.4 Å². The number of hydrogen-bond donors (Lipinski definition) is 1. The molecule has 1 aliphatic rings. The summed E-state index contributed by atoms with van der Waals surface area (Å²) in [5.41, 5.74) is 6.46. The second kappa shape index (κ2) is 11.3. The first-order valence-corrected chi connectivity index (χ1v) is 14.4. The number of rotatable bonds is 6. The molecule has 2 heterocycles. The fraction of sp³-hybridized carbons (Fsp3) is 0.258. The zero-order valence-electron chi connectivity index (χ0n) is 22.4. The Balaban J connectivity index is 1.84. The van der Waals surface area contributed by atoms with Gasteiger partial charge in [0.25, 0.3) is 0 Å². The van der Waals surface area contributed by atoms with Gasteiger partial charge in [0.05, 0.1) is 22.4 Å². The molecule has 0 fully saturated rings. The highest BCUT2D eigenvalue weighted by Gasteiger charge is 2.38. The molecule has 39 heavy (non-hydrogen) atoms. The molecule has 0 spiro atoms. The molecule has 5 rings (SSSR count). The summed E-state index contributed by atoms with van der Waals surface area (Å²) < 4.78 is 1.84. The van der Waals surface area contributed by atoms with Crippen LogP contribution in [0.15, 0.2) is 72.8 Å². The van der Waals surface area contributed by atoms with Crippen LogP contribution in [0, 0.1) is 13.8 Å². The summed E-state index contributed by atoms with van der Waals surface area (Å²) >= 11 is 8.26. The Morgan fingerprint density at radius 1 is 1.08 bits per heavy atom. The minimum Gasteiger partial charge on any atom is -0.352 e. The number of carbonyl (C=O) groups is 2. The maximum Gasteiger partial charge on any atom is 0.240 e. The van der Waals surface area contributed by atoms with Crippen LogP contribution < -0.4 is 10.2 Å². The lowest BCUT2D eigenvalue weighted by atomic mass is 9.99. The minimum absolute atomic E-state index is 0.0477. The van der Waals surface area contributed by atoms with Crippen LogP contribution in [-0.4, -0.2) is 39.9 Å². The third-order valence-corrected chi connectivity index (χ3v) is 8.24. The number of aryl methyl sites for hydroxylation is 2. The van der Waals surface area contributed by atoms with E-state index in [1.54, 1.807) is 4.90 Å². The first kappa shape index (κ1) is 27.0. The van der Waals surface area contributed by atoms with Gasteiger partial charge in [-0.05, 0) is 51.0 Å². The Morgan fingerprint density at radius 3 is 2.49 bits per heavy atom. The molecule has 200 valence electrons. The predicted molar refractivity (Wildman–Crippen MR) is 160 cm³/mol. The highest BCUT2D eigenvalue weighted by molar-refractivity contribution is 8.00. The van der Waals surface area contributed by atoms with E-state index in [4.69, 9.17) is 16.7 Å². The van der Waals surface area contributed by atoms with Crippen molar-refractivity contribution in [2.75, 3.05) is 17.2 Å². The Kier molecular flexibility index (Phi) is 7.82. The zero-order chi connectivity index (χ0) is 27.7. The average molecular weight is 559 g/mol. The Bertz CT molecular complexity index is 1530. The molecule has 1 aliphatic heterocycles. The van der Waals surface area contributed by atoms with E-state index in [-0.39, 0.29) is 35.4 Å². The van der Waals surface area contributed by atoms with Crippen molar-refractivity contribution >= 4 is 41.0 Å². The molecule has 6 nitrogen and oxygen atoms in total. The molecule has 0 saturated heterocycles. The summed E-state index contributed by atoms with van der Waals surface area (Å²) in [4.78, 5) is 28.4. The van der Waals surface area contributed by atoms with Crippen molar-refractivity contribution in [2.45, 2.75) is 39.0 Å². The first-order chi connectivity index (χ1) is 18.7. The lowest BCUT2D eigenvalue weighted by Gasteiger charge is -2.24. The molecule has 1 atom stereocenters. The van der Waals surface area contributed by atoms with Crippen molar-refractivity contribution in [2.24, 2.45) is 0 Å². The molecule has 1 N–H and O–H groups in total. The number of hydrogen-bond acceptors (Lipinski definition) is 4. The zero-order valence-corrected chi connectivity index (χ0v) is 24.0. The van der Waals surface area contributed by atoms with Crippen molar-refractivity contribution in [3.05, 3.63) is 100 Å². The summed E-state index contributed by atoms with van der Waals surface area (Å²) in [7, 11) is 0. The summed E-state index contributed by atoms with van der Waals surface area (Å²) in [6, 6.07) is 23.8. The van der Waals surface area contributed by atoms with Crippen LogP contribution >= 0.6 is 23.4 Å². The number of halogens is 1. The van der Waals surface area contributed by atoms with E-state index in [0.717, 1.165) is 39.2 Å². The van der Waals surface area contributed by atoms with Crippen molar-refractivity contribution in [1.82, 2.24) is 15.1 Å². The number of fused-ring (bicyclic) bond motifs is 1. The summed E-state index contributed by atoms with van der Waals surface area (Å²) in [5.74, 6) is 0.417. The van der Waals surface area contributed by atoms with Gasteiger partial charge >= 0.3 is 0 Å². The number of anilines is 1. The fourth-order valence-electron chi connectivity index (χ4n) is 4.98. The minimum atomic E-state index is -0.273. The van der Waals surface area contributed by atoms with Crippen molar-refractivity contribution in [1.29, 1.82) is 0 Å². The molecule has 8 heteroatoms. The quantitative estimate of drug-likeness (QED) is 0.293. The van der Waals surface area contributed by atoms with E-state index in [2.05, 4.69) is 11.4 Å². The third kappa shape index (κ3) is 5.47. The van der Waals surface area contributed by atoms with Crippen LogP contribution in [0.4, 0.5) is 5.82 Å². The van der Waals surface area contributed by atoms with E-state index in [1.807, 2.05) is 99.1 Å². The molecule has 0 aliphatic carbocycles. The second-order valence-electron chi connectivity index (χ2n) is 10.1. The van der Waals surface area contributed by atoms with Gasteiger partial charge in [0.2, 0.25) is 11.8 Å². The molecule has 3 aromatic carbocycles. The molecular weight excluding hydrogens is 528 g/mol. The van der Waals surface area contributed by atoms with Gasteiger partial charge in [0, 0.05) is 22.2 Å². The van der Waals surface area contributed by atoms with Gasteiger partial charge in [-0.2, -0.15) is 5.10 Å². The van der Waals surface area contributed by atoms with Gasteiger partial charge < -0.3 is 5.32 Å². The van der Waals surface area contributed by atoms with Crippen LogP contribution in [0.5, 0.6) is 0 Å². The van der Waals surface area contributed by atoms with Crippen molar-refractivity contribution < 1.29 is 9.59 Å². The third-order valence-electron chi connectivity index (χ3n) is 6.66. The van der Waals surface area contributed by atoms with Gasteiger partial charge in [0.15, 0.2) is 0 Å². The van der Waals surface area contributed by atoms with Crippen LogP contribution in [0.25, 0.3) is 16.9 Å². The highest BCUT2D eigenvalue weighted by atomic mass is 35.5. The number of nitrogens with one attached hydrogen (secondary N) is 1. The van der Waals surface area contributed by atoms with E-state index < -0.39 is 0 Å². The number of amides is 2. The molecule has 0 radical (unpaired) electrons. The maximum absolute atomic E-state index is 13.8. The van der Waals surface area contributed by atoms with E-state index in [9.17, 15) is 9.59 Å². The first-order valence-electron chi connectivity index (χ1n) is 13.0. The van der Waals surface area contributed by atoms with Crippen LogP contribution in [0.3, 0.4) is 0 Å². The average Bonchev–Trinajstić information content (AvgIpc) is 3.21. The lowest BCUT2D eigenvalue weighted by Crippen LogP contribution is -2.44. The number of aromatic nitrogens is 2. The Hall–Kier alpha value is -3.55. The van der Waals surface area contributed by atoms with Gasteiger partial charge in [-0.25, -0.2) is 4.68 Å². The Morgan fingerprint density at radius 2 is 1.79 bits per heavy atom. The number of thioether (sulfide) groups is 1. The van der Waals surface area contributed by atoms with Crippen molar-refractivity contribution in [3.8, 4) is 16.9 Å². The maximum atomic E-state index is 13.8. The number of nitrogens with zero attached hydrogens (tertiary/aromatic N) is 3. The van der Waals surface area contributed by atoms with Gasteiger partial charge in [-0.1, -0.05) is 77.8 Å². The van der Waals surface area contributed by atoms with Crippen LogP contribution in [0.1, 0.15) is 41.4 Å². The Labute approximate surface area is 238 Å². The number of benzene rings is 3. The van der Waals surface area contributed by atoms with E-state index >= 15 is 0 Å².